The molecule has 0 saturated heterocycles. The van der Waals surface area contributed by atoms with Crippen molar-refractivity contribution in [2.24, 2.45) is 0 Å². The first-order valence-corrected chi connectivity index (χ1v) is 9.57. The third-order valence-corrected chi connectivity index (χ3v) is 5.19. The third kappa shape index (κ3) is 4.04. The number of thiazole rings is 1. The Morgan fingerprint density at radius 3 is 3.07 bits per heavy atom. The van der Waals surface area contributed by atoms with E-state index in [1.807, 2.05) is 31.3 Å². The molecular formula is C19H19N5O3S. The van der Waals surface area contributed by atoms with E-state index in [9.17, 15) is 4.79 Å². The van der Waals surface area contributed by atoms with Gasteiger partial charge in [-0.2, -0.15) is 5.10 Å². The zero-order valence-electron chi connectivity index (χ0n) is 15.5. The number of benzene rings is 1. The fourth-order valence-corrected chi connectivity index (χ4v) is 3.55. The van der Waals surface area contributed by atoms with E-state index < -0.39 is 0 Å². The van der Waals surface area contributed by atoms with Gasteiger partial charge in [-0.15, -0.1) is 11.3 Å². The number of hydrogen-bond donors (Lipinski definition) is 1. The summed E-state index contributed by atoms with van der Waals surface area (Å²) in [6.07, 6.45) is 5.63. The van der Waals surface area contributed by atoms with Crippen molar-refractivity contribution >= 4 is 27.5 Å². The highest BCUT2D eigenvalue weighted by Crippen LogP contribution is 2.26. The van der Waals surface area contributed by atoms with Gasteiger partial charge in [-0.25, -0.2) is 9.97 Å². The van der Waals surface area contributed by atoms with Crippen LogP contribution in [0, 0.1) is 6.92 Å². The van der Waals surface area contributed by atoms with Gasteiger partial charge in [0, 0.05) is 25.9 Å². The topological polar surface area (TPSA) is 97.1 Å². The number of carbonyl (C=O) groups excluding carboxylic acids is 1. The second-order valence-corrected chi connectivity index (χ2v) is 7.60. The van der Waals surface area contributed by atoms with Crippen molar-refractivity contribution in [3.8, 4) is 5.75 Å². The van der Waals surface area contributed by atoms with Gasteiger partial charge in [0.05, 0.1) is 21.4 Å². The van der Waals surface area contributed by atoms with E-state index in [4.69, 9.17) is 9.15 Å². The number of hydrogen-bond acceptors (Lipinski definition) is 7. The van der Waals surface area contributed by atoms with Crippen LogP contribution in [-0.4, -0.2) is 44.6 Å². The monoisotopic (exact) mass is 397 g/mol. The van der Waals surface area contributed by atoms with Crippen LogP contribution in [0.3, 0.4) is 0 Å². The molecule has 0 atom stereocenters. The van der Waals surface area contributed by atoms with E-state index in [0.29, 0.717) is 24.6 Å². The summed E-state index contributed by atoms with van der Waals surface area (Å²) in [6.45, 7) is 2.67. The lowest BCUT2D eigenvalue weighted by Crippen LogP contribution is -2.29. The predicted octanol–water partition coefficient (Wildman–Crippen LogP) is 3.21. The molecule has 0 aliphatic heterocycles. The summed E-state index contributed by atoms with van der Waals surface area (Å²) < 4.78 is 12.2. The molecule has 0 spiro atoms. The SMILES string of the molecule is Cc1nc2cc(OCc3nc(C(=O)N(C)CCc4cn[nH]c4)co3)ccc2s1. The van der Waals surface area contributed by atoms with Crippen molar-refractivity contribution in [2.75, 3.05) is 13.6 Å². The molecule has 1 amide bonds. The Kier molecular flexibility index (Phi) is 5.07. The van der Waals surface area contributed by atoms with Crippen molar-refractivity contribution in [1.82, 2.24) is 25.1 Å². The van der Waals surface area contributed by atoms with Crippen molar-refractivity contribution in [3.05, 3.63) is 59.0 Å². The Morgan fingerprint density at radius 2 is 2.25 bits per heavy atom. The molecule has 0 aliphatic carbocycles. The zero-order chi connectivity index (χ0) is 19.5. The van der Waals surface area contributed by atoms with Gasteiger partial charge in [-0.3, -0.25) is 9.89 Å². The maximum absolute atomic E-state index is 12.5. The molecule has 0 unspecified atom stereocenters. The Labute approximate surface area is 165 Å². The minimum atomic E-state index is -0.196. The number of nitrogens with zero attached hydrogens (tertiary/aromatic N) is 4. The Hall–Kier alpha value is -3.20. The molecule has 9 heteroatoms. The average molecular weight is 397 g/mol. The van der Waals surface area contributed by atoms with E-state index in [1.165, 1.54) is 6.26 Å². The first-order valence-electron chi connectivity index (χ1n) is 8.76. The molecular weight excluding hydrogens is 378 g/mol. The molecule has 3 aromatic heterocycles. The normalized spacial score (nSPS) is 11.1. The Morgan fingerprint density at radius 1 is 1.36 bits per heavy atom. The number of H-pyrrole nitrogens is 1. The third-order valence-electron chi connectivity index (χ3n) is 4.24. The number of nitrogens with one attached hydrogen (secondary N) is 1. The fraction of sp³-hybridized carbons (Fsp3) is 0.263. The van der Waals surface area contributed by atoms with Crippen LogP contribution in [0.15, 0.2) is 41.3 Å². The van der Waals surface area contributed by atoms with Gasteiger partial charge in [0.25, 0.3) is 5.91 Å². The molecule has 144 valence electrons. The van der Waals surface area contributed by atoms with Crippen molar-refractivity contribution in [2.45, 2.75) is 20.0 Å². The Bertz CT molecular complexity index is 1090. The summed E-state index contributed by atoms with van der Waals surface area (Å²) in [5.41, 5.74) is 2.21. The quantitative estimate of drug-likeness (QED) is 0.514. The van der Waals surface area contributed by atoms with Gasteiger partial charge in [0.15, 0.2) is 12.3 Å². The molecule has 0 saturated carbocycles. The standard InChI is InChI=1S/C19H19N5O3S/c1-12-22-15-7-14(3-4-17(15)28-12)26-11-18-23-16(10-27-18)19(25)24(2)6-5-13-8-20-21-9-13/h3-4,7-10H,5-6,11H2,1-2H3,(H,20,21). The molecule has 0 bridgehead atoms. The number of fused-ring (bicyclic) bond motifs is 1. The summed E-state index contributed by atoms with van der Waals surface area (Å²) in [4.78, 5) is 22.8. The number of ether oxygens (including phenoxy) is 1. The highest BCUT2D eigenvalue weighted by Gasteiger charge is 2.17. The molecule has 4 aromatic rings. The number of rotatable bonds is 7. The van der Waals surface area contributed by atoms with Crippen LogP contribution in [0.4, 0.5) is 0 Å². The molecule has 4 rings (SSSR count). The highest BCUT2D eigenvalue weighted by molar-refractivity contribution is 7.18. The van der Waals surface area contributed by atoms with Gasteiger partial charge in [-0.05, 0) is 31.0 Å². The minimum Gasteiger partial charge on any atom is -0.484 e. The maximum atomic E-state index is 12.5. The minimum absolute atomic E-state index is 0.140. The highest BCUT2D eigenvalue weighted by atomic mass is 32.1. The van der Waals surface area contributed by atoms with Crippen LogP contribution in [-0.2, 0) is 13.0 Å². The van der Waals surface area contributed by atoms with Gasteiger partial charge in [0.2, 0.25) is 5.89 Å². The average Bonchev–Trinajstić information content (AvgIpc) is 3.43. The molecule has 28 heavy (non-hydrogen) atoms. The lowest BCUT2D eigenvalue weighted by molar-refractivity contribution is 0.0790. The number of amides is 1. The smallest absolute Gasteiger partial charge is 0.275 e. The van der Waals surface area contributed by atoms with Crippen molar-refractivity contribution < 1.29 is 13.9 Å². The summed E-state index contributed by atoms with van der Waals surface area (Å²) in [5.74, 6) is 0.833. The predicted molar refractivity (Wildman–Crippen MR) is 104 cm³/mol. The summed E-state index contributed by atoms with van der Waals surface area (Å²) >= 11 is 1.64. The molecule has 8 nitrogen and oxygen atoms in total. The molecule has 1 N–H and O–H groups in total. The molecule has 0 radical (unpaired) electrons. The lowest BCUT2D eigenvalue weighted by Gasteiger charge is -2.14. The second kappa shape index (κ2) is 7.81. The first kappa shape index (κ1) is 18.2. The second-order valence-electron chi connectivity index (χ2n) is 6.36. The maximum Gasteiger partial charge on any atom is 0.275 e. The fourth-order valence-electron chi connectivity index (χ4n) is 2.74. The van der Waals surface area contributed by atoms with Crippen LogP contribution < -0.4 is 4.74 Å². The van der Waals surface area contributed by atoms with E-state index >= 15 is 0 Å². The molecule has 1 aromatic carbocycles. The number of aromatic nitrogens is 4. The van der Waals surface area contributed by atoms with E-state index in [0.717, 1.165) is 20.8 Å². The number of carbonyl (C=O) groups is 1. The summed E-state index contributed by atoms with van der Waals surface area (Å²) in [5, 5.41) is 7.67. The van der Waals surface area contributed by atoms with Gasteiger partial charge < -0.3 is 14.1 Å². The molecule has 0 fully saturated rings. The van der Waals surface area contributed by atoms with Gasteiger partial charge in [-0.1, -0.05) is 0 Å². The largest absolute Gasteiger partial charge is 0.484 e. The molecule has 0 aliphatic rings. The van der Waals surface area contributed by atoms with E-state index in [-0.39, 0.29) is 18.2 Å². The van der Waals surface area contributed by atoms with Crippen LogP contribution in [0.1, 0.15) is 27.0 Å². The number of aromatic amines is 1. The molecule has 3 heterocycles. The van der Waals surface area contributed by atoms with E-state index in [2.05, 4.69) is 20.2 Å². The van der Waals surface area contributed by atoms with Crippen molar-refractivity contribution in [1.29, 1.82) is 0 Å². The van der Waals surface area contributed by atoms with Crippen molar-refractivity contribution in [3.63, 3.8) is 0 Å². The zero-order valence-corrected chi connectivity index (χ0v) is 16.3. The van der Waals surface area contributed by atoms with Crippen LogP contribution in [0.25, 0.3) is 10.2 Å². The van der Waals surface area contributed by atoms with Gasteiger partial charge in [0.1, 0.15) is 12.0 Å². The van der Waals surface area contributed by atoms with Crippen LogP contribution in [0.2, 0.25) is 0 Å². The number of aryl methyl sites for hydroxylation is 1. The van der Waals surface area contributed by atoms with Crippen LogP contribution >= 0.6 is 11.3 Å². The van der Waals surface area contributed by atoms with Gasteiger partial charge >= 0.3 is 0 Å². The number of oxazole rings is 1. The van der Waals surface area contributed by atoms with E-state index in [1.54, 1.807) is 29.5 Å². The van der Waals surface area contributed by atoms with Crippen LogP contribution in [0.5, 0.6) is 5.75 Å². The number of likely N-dealkylation sites (N-methyl/N-ethyl adjacent to an activating group) is 1. The Balaban J connectivity index is 1.34. The summed E-state index contributed by atoms with van der Waals surface area (Å²) in [6, 6.07) is 5.75. The first-order chi connectivity index (χ1) is 13.6. The lowest BCUT2D eigenvalue weighted by atomic mass is 10.2. The summed E-state index contributed by atoms with van der Waals surface area (Å²) in [7, 11) is 1.73.